The molecule has 3 aromatic rings. The number of rotatable bonds is 2. The summed E-state index contributed by atoms with van der Waals surface area (Å²) in [7, 11) is 0. The number of anilines is 1. The van der Waals surface area contributed by atoms with E-state index in [-0.39, 0.29) is 11.6 Å². The number of carbonyl (C=O) groups is 1. The van der Waals surface area contributed by atoms with Gasteiger partial charge < -0.3 is 5.32 Å². The van der Waals surface area contributed by atoms with Crippen molar-refractivity contribution in [3.63, 3.8) is 0 Å². The summed E-state index contributed by atoms with van der Waals surface area (Å²) in [6.45, 7) is 4.03. The molecular formula is C16H14ClN3O. The van der Waals surface area contributed by atoms with Crippen LogP contribution in [0.2, 0.25) is 5.02 Å². The molecule has 0 spiro atoms. The van der Waals surface area contributed by atoms with Crippen molar-refractivity contribution in [2.24, 2.45) is 0 Å². The van der Waals surface area contributed by atoms with Crippen LogP contribution in [0.15, 0.2) is 42.6 Å². The summed E-state index contributed by atoms with van der Waals surface area (Å²) in [6, 6.07) is 11.3. The van der Waals surface area contributed by atoms with E-state index in [9.17, 15) is 4.79 Å². The Hall–Kier alpha value is -2.33. The van der Waals surface area contributed by atoms with Crippen LogP contribution in [0.5, 0.6) is 0 Å². The Morgan fingerprint density at radius 2 is 2.00 bits per heavy atom. The van der Waals surface area contributed by atoms with E-state index < -0.39 is 0 Å². The number of nitrogens with one attached hydrogen (secondary N) is 1. The maximum atomic E-state index is 12.3. The zero-order chi connectivity index (χ0) is 15.0. The molecular weight excluding hydrogens is 286 g/mol. The number of hydrogen-bond acceptors (Lipinski definition) is 2. The van der Waals surface area contributed by atoms with Crippen molar-refractivity contribution in [2.45, 2.75) is 13.8 Å². The molecule has 0 unspecified atom stereocenters. The number of hydrogen-bond donors (Lipinski definition) is 1. The molecule has 1 aromatic carbocycles. The van der Waals surface area contributed by atoms with Crippen LogP contribution in [-0.4, -0.2) is 15.5 Å². The van der Waals surface area contributed by atoms with Gasteiger partial charge >= 0.3 is 0 Å². The van der Waals surface area contributed by atoms with Crippen LogP contribution < -0.4 is 5.32 Å². The molecule has 0 fully saturated rings. The van der Waals surface area contributed by atoms with Crippen molar-refractivity contribution in [1.29, 1.82) is 0 Å². The smallest absolute Gasteiger partial charge is 0.277 e. The van der Waals surface area contributed by atoms with Gasteiger partial charge in [-0.15, -0.1) is 0 Å². The monoisotopic (exact) mass is 299 g/mol. The van der Waals surface area contributed by atoms with Crippen LogP contribution in [-0.2, 0) is 0 Å². The van der Waals surface area contributed by atoms with Crippen LogP contribution in [0.3, 0.4) is 0 Å². The molecule has 1 N–H and O–H groups in total. The number of aromatic nitrogens is 2. The summed E-state index contributed by atoms with van der Waals surface area (Å²) in [4.78, 5) is 12.3. The van der Waals surface area contributed by atoms with Gasteiger partial charge in [0.2, 0.25) is 0 Å². The Morgan fingerprint density at radius 1 is 1.19 bits per heavy atom. The highest BCUT2D eigenvalue weighted by Crippen LogP contribution is 2.23. The SMILES string of the molecule is Cc1ccc(NC(=O)c2nn3ccccc3c2Cl)cc1C. The lowest BCUT2D eigenvalue weighted by molar-refractivity contribution is 0.102. The molecule has 0 aliphatic rings. The van der Waals surface area contributed by atoms with E-state index in [0.717, 1.165) is 11.3 Å². The minimum absolute atomic E-state index is 0.223. The minimum Gasteiger partial charge on any atom is -0.321 e. The van der Waals surface area contributed by atoms with E-state index >= 15 is 0 Å². The molecule has 106 valence electrons. The number of halogens is 1. The number of benzene rings is 1. The summed E-state index contributed by atoms with van der Waals surface area (Å²) < 4.78 is 1.59. The summed E-state index contributed by atoms with van der Waals surface area (Å²) in [5.74, 6) is -0.313. The fourth-order valence-corrected chi connectivity index (χ4v) is 2.40. The molecule has 5 heteroatoms. The largest absolute Gasteiger partial charge is 0.321 e. The highest BCUT2D eigenvalue weighted by atomic mass is 35.5. The third-order valence-electron chi connectivity index (χ3n) is 3.46. The summed E-state index contributed by atoms with van der Waals surface area (Å²) >= 11 is 6.23. The average Bonchev–Trinajstić information content (AvgIpc) is 2.81. The van der Waals surface area contributed by atoms with Gasteiger partial charge in [-0.25, -0.2) is 4.52 Å². The maximum absolute atomic E-state index is 12.3. The van der Waals surface area contributed by atoms with E-state index in [0.29, 0.717) is 10.5 Å². The molecule has 0 radical (unpaired) electrons. The average molecular weight is 300 g/mol. The van der Waals surface area contributed by atoms with E-state index in [1.54, 1.807) is 10.7 Å². The molecule has 2 aromatic heterocycles. The first-order valence-corrected chi connectivity index (χ1v) is 6.95. The van der Waals surface area contributed by atoms with Gasteiger partial charge in [-0.3, -0.25) is 4.79 Å². The Balaban J connectivity index is 1.93. The van der Waals surface area contributed by atoms with Crippen molar-refractivity contribution >= 4 is 28.7 Å². The van der Waals surface area contributed by atoms with Gasteiger partial charge in [0, 0.05) is 11.9 Å². The maximum Gasteiger partial charge on any atom is 0.277 e. The number of aryl methyl sites for hydroxylation is 2. The van der Waals surface area contributed by atoms with Crippen LogP contribution in [0.4, 0.5) is 5.69 Å². The van der Waals surface area contributed by atoms with Gasteiger partial charge in [0.05, 0.1) is 10.5 Å². The molecule has 21 heavy (non-hydrogen) atoms. The van der Waals surface area contributed by atoms with Crippen LogP contribution >= 0.6 is 11.6 Å². The molecule has 0 saturated carbocycles. The van der Waals surface area contributed by atoms with Gasteiger partial charge in [-0.1, -0.05) is 23.7 Å². The van der Waals surface area contributed by atoms with E-state index in [1.807, 2.05) is 50.2 Å². The molecule has 1 amide bonds. The van der Waals surface area contributed by atoms with Crippen LogP contribution in [0.25, 0.3) is 5.52 Å². The third-order valence-corrected chi connectivity index (χ3v) is 3.83. The molecule has 4 nitrogen and oxygen atoms in total. The van der Waals surface area contributed by atoms with Crippen molar-refractivity contribution in [2.75, 3.05) is 5.32 Å². The van der Waals surface area contributed by atoms with Crippen molar-refractivity contribution < 1.29 is 4.79 Å². The van der Waals surface area contributed by atoms with Crippen molar-refractivity contribution in [1.82, 2.24) is 9.61 Å². The van der Waals surface area contributed by atoms with E-state index in [2.05, 4.69) is 10.4 Å². The van der Waals surface area contributed by atoms with Gasteiger partial charge in [-0.05, 0) is 49.2 Å². The predicted octanol–water partition coefficient (Wildman–Crippen LogP) is 3.86. The summed E-state index contributed by atoms with van der Waals surface area (Å²) in [6.07, 6.45) is 1.76. The number of pyridine rings is 1. The Morgan fingerprint density at radius 3 is 2.71 bits per heavy atom. The number of carbonyl (C=O) groups excluding carboxylic acids is 1. The Kier molecular flexibility index (Phi) is 3.39. The minimum atomic E-state index is -0.313. The Labute approximate surface area is 127 Å². The highest BCUT2D eigenvalue weighted by molar-refractivity contribution is 6.37. The quantitative estimate of drug-likeness (QED) is 0.781. The molecule has 0 saturated heterocycles. The van der Waals surface area contributed by atoms with Gasteiger partial charge in [0.15, 0.2) is 5.69 Å². The zero-order valence-corrected chi connectivity index (χ0v) is 12.5. The van der Waals surface area contributed by atoms with Crippen molar-refractivity contribution in [3.05, 3.63) is 64.4 Å². The third kappa shape index (κ3) is 2.50. The van der Waals surface area contributed by atoms with E-state index in [4.69, 9.17) is 11.6 Å². The molecule has 0 atom stereocenters. The fourth-order valence-electron chi connectivity index (χ4n) is 2.12. The lowest BCUT2D eigenvalue weighted by atomic mass is 10.1. The first-order chi connectivity index (χ1) is 10.1. The van der Waals surface area contributed by atoms with Gasteiger partial charge in [-0.2, -0.15) is 5.10 Å². The van der Waals surface area contributed by atoms with Gasteiger partial charge in [0.1, 0.15) is 0 Å². The predicted molar refractivity (Wildman–Crippen MR) is 84.1 cm³/mol. The topological polar surface area (TPSA) is 46.4 Å². The zero-order valence-electron chi connectivity index (χ0n) is 11.7. The standard InChI is InChI=1S/C16H14ClN3O/c1-10-6-7-12(9-11(10)2)18-16(21)15-14(17)13-5-3-4-8-20(13)19-15/h3-9H,1-2H3,(H,18,21). The fraction of sp³-hybridized carbons (Fsp3) is 0.125. The normalized spacial score (nSPS) is 10.8. The first-order valence-electron chi connectivity index (χ1n) is 6.58. The van der Waals surface area contributed by atoms with Crippen molar-refractivity contribution in [3.8, 4) is 0 Å². The summed E-state index contributed by atoms with van der Waals surface area (Å²) in [5, 5.41) is 7.41. The molecule has 0 aliphatic heterocycles. The second kappa shape index (κ2) is 5.22. The number of nitrogens with zero attached hydrogens (tertiary/aromatic N) is 2. The highest BCUT2D eigenvalue weighted by Gasteiger charge is 2.17. The molecule has 0 bridgehead atoms. The molecule has 0 aliphatic carbocycles. The Bertz CT molecular complexity index is 839. The summed E-state index contributed by atoms with van der Waals surface area (Å²) in [5.41, 5.74) is 3.97. The van der Waals surface area contributed by atoms with Crippen LogP contribution in [0, 0.1) is 13.8 Å². The van der Waals surface area contributed by atoms with Crippen LogP contribution in [0.1, 0.15) is 21.6 Å². The van der Waals surface area contributed by atoms with Gasteiger partial charge in [0.25, 0.3) is 5.91 Å². The molecule has 3 rings (SSSR count). The second-order valence-electron chi connectivity index (χ2n) is 4.95. The molecule has 2 heterocycles. The lowest BCUT2D eigenvalue weighted by Crippen LogP contribution is -2.13. The lowest BCUT2D eigenvalue weighted by Gasteiger charge is -2.06. The first kappa shape index (κ1) is 13.6. The van der Waals surface area contributed by atoms with E-state index in [1.165, 1.54) is 5.56 Å². The number of fused-ring (bicyclic) bond motifs is 1. The number of amides is 1. The second-order valence-corrected chi connectivity index (χ2v) is 5.32.